The first-order chi connectivity index (χ1) is 19.2. The average Bonchev–Trinajstić information content (AvgIpc) is 3.62. The van der Waals surface area contributed by atoms with Crippen molar-refractivity contribution >= 4 is 28.5 Å². The van der Waals surface area contributed by atoms with Crippen molar-refractivity contribution in [2.24, 2.45) is 0 Å². The van der Waals surface area contributed by atoms with Crippen LogP contribution in [0.15, 0.2) is 29.4 Å². The lowest BCUT2D eigenvalue weighted by atomic mass is 9.77. The number of H-pyrrole nitrogens is 1. The summed E-state index contributed by atoms with van der Waals surface area (Å²) in [5.41, 5.74) is 8.38. The van der Waals surface area contributed by atoms with Gasteiger partial charge in [-0.2, -0.15) is 9.61 Å². The number of nitrogens with two attached hydrogens (primary N) is 1. The molecule has 0 spiro atoms. The fourth-order valence-corrected chi connectivity index (χ4v) is 7.19. The van der Waals surface area contributed by atoms with Crippen LogP contribution < -0.4 is 5.73 Å². The summed E-state index contributed by atoms with van der Waals surface area (Å²) >= 11 is -2.64. The van der Waals surface area contributed by atoms with Crippen molar-refractivity contribution in [2.45, 2.75) is 80.4 Å². The maximum Gasteiger partial charge on any atom is 0.294 e. The summed E-state index contributed by atoms with van der Waals surface area (Å²) in [5.74, 6) is 0.278. The summed E-state index contributed by atoms with van der Waals surface area (Å²) in [6.45, 7) is 1.74. The van der Waals surface area contributed by atoms with Crippen LogP contribution in [0.1, 0.15) is 78.7 Å². The first-order valence-corrected chi connectivity index (χ1v) is 14.5. The Labute approximate surface area is 231 Å². The number of hydrogen-bond acceptors (Lipinski definition) is 10. The minimum absolute atomic E-state index is 0.00464. The highest BCUT2D eigenvalue weighted by molar-refractivity contribution is 7.79. The smallest absolute Gasteiger partial charge is 0.294 e. The van der Waals surface area contributed by atoms with E-state index >= 15 is 0 Å². The second kappa shape index (κ2) is 9.14. The van der Waals surface area contributed by atoms with Gasteiger partial charge < -0.3 is 20.3 Å². The largest absolute Gasteiger partial charge is 0.768 e. The summed E-state index contributed by atoms with van der Waals surface area (Å²) in [4.78, 5) is 28.6. The molecule has 7 rings (SSSR count). The Morgan fingerprint density at radius 1 is 1.20 bits per heavy atom. The number of nitrogens with zero attached hydrogens (tertiary/aromatic N) is 7. The van der Waals surface area contributed by atoms with Crippen LogP contribution in [0.3, 0.4) is 0 Å². The van der Waals surface area contributed by atoms with Crippen LogP contribution in [-0.4, -0.2) is 71.5 Å². The maximum atomic E-state index is 13.2. The maximum absolute atomic E-state index is 13.2. The number of nitrogen functional groups attached to an aromatic ring is 1. The van der Waals surface area contributed by atoms with Gasteiger partial charge in [-0.05, 0) is 69.0 Å². The van der Waals surface area contributed by atoms with E-state index in [0.717, 1.165) is 24.8 Å². The van der Waals surface area contributed by atoms with Crippen molar-refractivity contribution in [1.29, 1.82) is 0 Å². The third kappa shape index (κ3) is 3.84. The van der Waals surface area contributed by atoms with Gasteiger partial charge in [-0.1, -0.05) is 6.07 Å². The second-order valence-electron chi connectivity index (χ2n) is 11.1. The van der Waals surface area contributed by atoms with Gasteiger partial charge in [-0.15, -0.1) is 5.10 Å². The zero-order valence-corrected chi connectivity index (χ0v) is 22.6. The molecule has 1 amide bonds. The first kappa shape index (κ1) is 25.2. The number of aliphatic hydroxyl groups is 1. The van der Waals surface area contributed by atoms with E-state index in [-0.39, 0.29) is 40.4 Å². The number of rotatable bonds is 5. The van der Waals surface area contributed by atoms with E-state index < -0.39 is 16.7 Å². The molecule has 4 atom stereocenters. The van der Waals surface area contributed by atoms with Gasteiger partial charge in [0.1, 0.15) is 17.2 Å². The molecule has 2 bridgehead atoms. The van der Waals surface area contributed by atoms with E-state index in [2.05, 4.69) is 25.3 Å². The fourth-order valence-electron chi connectivity index (χ4n) is 6.55. The number of aromatic amines is 1. The molecule has 0 radical (unpaired) electrons. The van der Waals surface area contributed by atoms with Crippen molar-refractivity contribution in [2.75, 3.05) is 5.73 Å². The molecular weight excluding hydrogens is 534 g/mol. The molecule has 6 heterocycles. The minimum Gasteiger partial charge on any atom is -0.768 e. The number of carbonyl (C=O) groups is 1. The summed E-state index contributed by atoms with van der Waals surface area (Å²) in [6, 6.07) is 3.51. The van der Waals surface area contributed by atoms with Crippen molar-refractivity contribution in [3.63, 3.8) is 0 Å². The molecule has 2 saturated heterocycles. The van der Waals surface area contributed by atoms with E-state index in [9.17, 15) is 18.7 Å². The zero-order valence-electron chi connectivity index (χ0n) is 21.8. The molecular formula is C26H28N9O4S-. The highest BCUT2D eigenvalue weighted by Gasteiger charge is 2.46. The minimum atomic E-state index is -2.64. The molecule has 13 nitrogen and oxygen atoms in total. The van der Waals surface area contributed by atoms with Gasteiger partial charge in [0.05, 0.1) is 22.5 Å². The number of hydrogen-bond donors (Lipinski definition) is 3. The molecule has 4 aromatic rings. The number of nitrogens with one attached hydrogen (secondary N) is 1. The molecule has 208 valence electrons. The van der Waals surface area contributed by atoms with Gasteiger partial charge in [0.25, 0.3) is 5.91 Å². The molecule has 1 aliphatic carbocycles. The fraction of sp³-hybridized carbons (Fsp3) is 0.462. The van der Waals surface area contributed by atoms with Gasteiger partial charge >= 0.3 is 0 Å². The van der Waals surface area contributed by atoms with Gasteiger partial charge in [0.2, 0.25) is 5.82 Å². The van der Waals surface area contributed by atoms with E-state index in [0.29, 0.717) is 54.1 Å². The number of amides is 1. The third-order valence-electron chi connectivity index (χ3n) is 8.71. The lowest BCUT2D eigenvalue weighted by Gasteiger charge is -2.38. The topological polar surface area (TPSA) is 191 Å². The van der Waals surface area contributed by atoms with E-state index in [4.69, 9.17) is 10.7 Å². The Morgan fingerprint density at radius 3 is 2.52 bits per heavy atom. The summed E-state index contributed by atoms with van der Waals surface area (Å²) in [7, 11) is 0. The molecule has 3 aliphatic rings. The molecule has 1 saturated carbocycles. The molecule has 2 unspecified atom stereocenters. The highest BCUT2D eigenvalue weighted by atomic mass is 32.2. The van der Waals surface area contributed by atoms with Gasteiger partial charge in [0.15, 0.2) is 5.65 Å². The standard InChI is InChI=1S/C26H29N9O4S/c1-13-30-23(33-32-13)25(36)34-16-4-5-17(34)10-15(9-16)20-21(40(38)39)22(27)35-24(31-20)18(12-29-35)14-3-6-19(28-11-14)26(37)7-2-8-26/h3,6,11-12,15-17,37H,2,4-5,7-10,27H2,1H3,(H,38,39)(H,30,32,33)/p-1/t15?,16-,17+. The van der Waals surface area contributed by atoms with Gasteiger partial charge in [-0.25, -0.2) is 9.97 Å². The van der Waals surface area contributed by atoms with E-state index in [1.807, 2.05) is 17.0 Å². The number of anilines is 1. The number of aromatic nitrogens is 7. The van der Waals surface area contributed by atoms with Crippen LogP contribution in [0.5, 0.6) is 0 Å². The molecule has 2 aliphatic heterocycles. The zero-order chi connectivity index (χ0) is 27.8. The summed E-state index contributed by atoms with van der Waals surface area (Å²) < 4.78 is 26.2. The first-order valence-electron chi connectivity index (χ1n) is 13.4. The number of piperidine rings is 1. The molecule has 4 aromatic heterocycles. The Hall–Kier alpha value is -3.75. The number of fused-ring (bicyclic) bond motifs is 3. The van der Waals surface area contributed by atoms with Crippen molar-refractivity contribution < 1.29 is 18.7 Å². The molecule has 3 fully saturated rings. The summed E-state index contributed by atoms with van der Waals surface area (Å²) in [5, 5.41) is 21.7. The second-order valence-corrected chi connectivity index (χ2v) is 11.9. The van der Waals surface area contributed by atoms with E-state index in [1.165, 1.54) is 4.52 Å². The van der Waals surface area contributed by atoms with Crippen LogP contribution in [-0.2, 0) is 16.7 Å². The van der Waals surface area contributed by atoms with Crippen molar-refractivity contribution in [3.8, 4) is 11.1 Å². The molecule has 40 heavy (non-hydrogen) atoms. The van der Waals surface area contributed by atoms with Gasteiger partial charge in [-0.3, -0.25) is 19.1 Å². The Balaban J connectivity index is 1.25. The van der Waals surface area contributed by atoms with Crippen LogP contribution in [0, 0.1) is 6.92 Å². The predicted molar refractivity (Wildman–Crippen MR) is 142 cm³/mol. The Bertz CT molecular complexity index is 1650. The monoisotopic (exact) mass is 562 g/mol. The number of aryl methyl sites for hydroxylation is 1. The van der Waals surface area contributed by atoms with Crippen molar-refractivity contribution in [3.05, 3.63) is 47.6 Å². The van der Waals surface area contributed by atoms with Gasteiger partial charge in [0, 0.05) is 35.3 Å². The third-order valence-corrected chi connectivity index (χ3v) is 9.46. The Kier molecular flexibility index (Phi) is 5.77. The van der Waals surface area contributed by atoms with Crippen LogP contribution in [0.25, 0.3) is 16.8 Å². The predicted octanol–water partition coefficient (Wildman–Crippen LogP) is 1.96. The summed E-state index contributed by atoms with van der Waals surface area (Å²) in [6.07, 6.45) is 8.35. The average molecular weight is 563 g/mol. The lowest BCUT2D eigenvalue weighted by Crippen LogP contribution is -2.46. The van der Waals surface area contributed by atoms with Crippen molar-refractivity contribution in [1.82, 2.24) is 39.7 Å². The van der Waals surface area contributed by atoms with E-state index in [1.54, 1.807) is 19.3 Å². The van der Waals surface area contributed by atoms with Crippen LogP contribution in [0.4, 0.5) is 5.82 Å². The number of pyridine rings is 1. The normalized spacial score (nSPS) is 24.3. The Morgan fingerprint density at radius 2 is 1.95 bits per heavy atom. The molecule has 0 aromatic carbocycles. The quantitative estimate of drug-likeness (QED) is 0.303. The molecule has 4 N–H and O–H groups in total. The van der Waals surface area contributed by atoms with Crippen LogP contribution in [0.2, 0.25) is 0 Å². The highest BCUT2D eigenvalue weighted by Crippen LogP contribution is 2.45. The SMILES string of the molecule is Cc1nc(C(=O)N2[C@@H]3CC[C@H]2CC(c2nc4c(-c5ccc(C6(O)CCC6)nc5)cnn4c(N)c2S(=O)[O-])C3)n[nH]1. The lowest BCUT2D eigenvalue weighted by molar-refractivity contribution is -0.0426. The van der Waals surface area contributed by atoms with Crippen LogP contribution >= 0.6 is 0 Å². The molecule has 14 heteroatoms. The number of carbonyl (C=O) groups excluding carboxylic acids is 1.